The van der Waals surface area contributed by atoms with Gasteiger partial charge in [-0.3, -0.25) is 0 Å². The summed E-state index contributed by atoms with van der Waals surface area (Å²) in [5.41, 5.74) is -0.177. The topological polar surface area (TPSA) is 0 Å². The quantitative estimate of drug-likeness (QED) is 0.698. The van der Waals surface area contributed by atoms with E-state index < -0.39 is 11.7 Å². The Morgan fingerprint density at radius 1 is 1.20 bits per heavy atom. The van der Waals surface area contributed by atoms with Crippen molar-refractivity contribution in [3.05, 3.63) is 34.3 Å². The molecule has 5 heteroatoms. The number of alkyl halides is 4. The van der Waals surface area contributed by atoms with Crippen LogP contribution in [-0.2, 0) is 12.6 Å². The first kappa shape index (κ1) is 12.7. The molecule has 0 saturated heterocycles. The van der Waals surface area contributed by atoms with Crippen LogP contribution in [0.1, 0.15) is 17.5 Å². The van der Waals surface area contributed by atoms with Gasteiger partial charge in [0.05, 0.1) is 10.6 Å². The van der Waals surface area contributed by atoms with E-state index in [9.17, 15) is 13.2 Å². The summed E-state index contributed by atoms with van der Waals surface area (Å²) >= 11 is 10.9. The van der Waals surface area contributed by atoms with Gasteiger partial charge in [-0.1, -0.05) is 17.7 Å². The predicted octanol–water partition coefficient (Wildman–Crippen LogP) is 4.53. The van der Waals surface area contributed by atoms with Crippen molar-refractivity contribution in [1.29, 1.82) is 0 Å². The molecule has 0 atom stereocenters. The van der Waals surface area contributed by atoms with E-state index in [4.69, 9.17) is 23.2 Å². The summed E-state index contributed by atoms with van der Waals surface area (Å²) in [5.74, 6) is 0.435. The highest BCUT2D eigenvalue weighted by Gasteiger charge is 2.33. The molecule has 0 radical (unpaired) electrons. The van der Waals surface area contributed by atoms with E-state index >= 15 is 0 Å². The number of halogens is 5. The van der Waals surface area contributed by atoms with E-state index in [0.29, 0.717) is 24.3 Å². The molecule has 0 spiro atoms. The molecular weight excluding hydrogens is 248 g/mol. The summed E-state index contributed by atoms with van der Waals surface area (Å²) in [7, 11) is 0. The summed E-state index contributed by atoms with van der Waals surface area (Å²) < 4.78 is 37.3. The molecule has 0 aliphatic carbocycles. The third-order valence-corrected chi connectivity index (χ3v) is 2.53. The lowest BCUT2D eigenvalue weighted by molar-refractivity contribution is -0.137. The molecule has 0 unspecified atom stereocenters. The van der Waals surface area contributed by atoms with E-state index in [2.05, 4.69) is 0 Å². The van der Waals surface area contributed by atoms with E-state index in [1.165, 1.54) is 6.07 Å². The van der Waals surface area contributed by atoms with Crippen LogP contribution < -0.4 is 0 Å². The van der Waals surface area contributed by atoms with Crippen molar-refractivity contribution >= 4 is 23.2 Å². The zero-order chi connectivity index (χ0) is 11.5. The number of aryl methyl sites for hydroxylation is 1. The van der Waals surface area contributed by atoms with Gasteiger partial charge in [-0.25, -0.2) is 0 Å². The lowest BCUT2D eigenvalue weighted by Gasteiger charge is -2.10. The Balaban J connectivity index is 2.95. The van der Waals surface area contributed by atoms with Crippen LogP contribution in [0.3, 0.4) is 0 Å². The van der Waals surface area contributed by atoms with Crippen molar-refractivity contribution in [3.8, 4) is 0 Å². The first-order valence-electron chi connectivity index (χ1n) is 4.36. The normalized spacial score (nSPS) is 11.8. The van der Waals surface area contributed by atoms with Crippen molar-refractivity contribution < 1.29 is 13.2 Å². The van der Waals surface area contributed by atoms with Crippen LogP contribution in [0.4, 0.5) is 13.2 Å². The van der Waals surface area contributed by atoms with Gasteiger partial charge in [0.2, 0.25) is 0 Å². The molecule has 0 heterocycles. The van der Waals surface area contributed by atoms with Crippen LogP contribution in [0.5, 0.6) is 0 Å². The van der Waals surface area contributed by atoms with Crippen molar-refractivity contribution in [2.45, 2.75) is 19.0 Å². The fourth-order valence-corrected chi connectivity index (χ4v) is 1.57. The van der Waals surface area contributed by atoms with Gasteiger partial charge in [-0.05, 0) is 30.5 Å². The fourth-order valence-electron chi connectivity index (χ4n) is 1.22. The SMILES string of the molecule is FC(F)(F)c1cc(CCCCl)ccc1Cl. The molecule has 1 aromatic carbocycles. The molecule has 15 heavy (non-hydrogen) atoms. The Morgan fingerprint density at radius 3 is 2.40 bits per heavy atom. The summed E-state index contributed by atoms with van der Waals surface area (Å²) in [6.45, 7) is 0. The zero-order valence-electron chi connectivity index (χ0n) is 7.74. The van der Waals surface area contributed by atoms with Gasteiger partial charge < -0.3 is 0 Å². The van der Waals surface area contributed by atoms with Crippen molar-refractivity contribution in [3.63, 3.8) is 0 Å². The standard InChI is InChI=1S/C10H9Cl2F3/c11-5-1-2-7-3-4-9(12)8(6-7)10(13,14)15/h3-4,6H,1-2,5H2. The first-order chi connectivity index (χ1) is 6.95. The zero-order valence-corrected chi connectivity index (χ0v) is 9.26. The second-order valence-electron chi connectivity index (χ2n) is 3.10. The number of hydrogen-bond acceptors (Lipinski definition) is 0. The summed E-state index contributed by atoms with van der Waals surface area (Å²) in [6.07, 6.45) is -3.21. The highest BCUT2D eigenvalue weighted by Crippen LogP contribution is 2.35. The van der Waals surface area contributed by atoms with Crippen LogP contribution in [-0.4, -0.2) is 5.88 Å². The Hall–Kier alpha value is -0.410. The van der Waals surface area contributed by atoms with Gasteiger partial charge in [-0.2, -0.15) is 13.2 Å². The lowest BCUT2D eigenvalue weighted by Crippen LogP contribution is -2.06. The summed E-state index contributed by atoms with van der Waals surface area (Å²) in [6, 6.07) is 3.94. The van der Waals surface area contributed by atoms with Crippen molar-refractivity contribution in [2.24, 2.45) is 0 Å². The van der Waals surface area contributed by atoms with Gasteiger partial charge in [-0.15, -0.1) is 11.6 Å². The number of benzene rings is 1. The third-order valence-electron chi connectivity index (χ3n) is 1.94. The van der Waals surface area contributed by atoms with Crippen LogP contribution in [0.2, 0.25) is 5.02 Å². The molecular formula is C10H9Cl2F3. The molecule has 0 aliphatic rings. The van der Waals surface area contributed by atoms with Gasteiger partial charge in [0.1, 0.15) is 0 Å². The minimum Gasteiger partial charge on any atom is -0.166 e. The Morgan fingerprint density at radius 2 is 1.87 bits per heavy atom. The van der Waals surface area contributed by atoms with E-state index in [1.807, 2.05) is 0 Å². The molecule has 1 rings (SSSR count). The highest BCUT2D eigenvalue weighted by molar-refractivity contribution is 6.31. The van der Waals surface area contributed by atoms with E-state index in [-0.39, 0.29) is 5.02 Å². The van der Waals surface area contributed by atoms with E-state index in [0.717, 1.165) is 6.07 Å². The second-order valence-corrected chi connectivity index (χ2v) is 3.89. The maximum Gasteiger partial charge on any atom is 0.417 e. The second kappa shape index (κ2) is 5.08. The lowest BCUT2D eigenvalue weighted by atomic mass is 10.1. The maximum absolute atomic E-state index is 12.4. The van der Waals surface area contributed by atoms with Gasteiger partial charge in [0, 0.05) is 5.88 Å². The van der Waals surface area contributed by atoms with Crippen LogP contribution in [0.15, 0.2) is 18.2 Å². The highest BCUT2D eigenvalue weighted by atomic mass is 35.5. The monoisotopic (exact) mass is 256 g/mol. The maximum atomic E-state index is 12.4. The van der Waals surface area contributed by atoms with Crippen LogP contribution in [0, 0.1) is 0 Å². The third kappa shape index (κ3) is 3.58. The molecule has 1 aromatic rings. The van der Waals surface area contributed by atoms with Gasteiger partial charge in [0.15, 0.2) is 0 Å². The molecule has 0 fully saturated rings. The van der Waals surface area contributed by atoms with Gasteiger partial charge >= 0.3 is 6.18 Å². The molecule has 0 nitrogen and oxygen atoms in total. The Kier molecular flexibility index (Phi) is 4.29. The molecule has 0 aliphatic heterocycles. The molecule has 0 aromatic heterocycles. The fraction of sp³-hybridized carbons (Fsp3) is 0.400. The molecule has 0 saturated carbocycles. The van der Waals surface area contributed by atoms with Crippen LogP contribution in [0.25, 0.3) is 0 Å². The van der Waals surface area contributed by atoms with E-state index in [1.54, 1.807) is 6.07 Å². The summed E-state index contributed by atoms with van der Waals surface area (Å²) in [5, 5.41) is -0.267. The average Bonchev–Trinajstić information content (AvgIpc) is 2.15. The van der Waals surface area contributed by atoms with Crippen molar-refractivity contribution in [2.75, 3.05) is 5.88 Å². The van der Waals surface area contributed by atoms with Crippen molar-refractivity contribution in [1.82, 2.24) is 0 Å². The smallest absolute Gasteiger partial charge is 0.166 e. The molecule has 0 amide bonds. The predicted molar refractivity (Wildman–Crippen MR) is 55.5 cm³/mol. The summed E-state index contributed by atoms with van der Waals surface area (Å²) in [4.78, 5) is 0. The Labute approximate surface area is 96.0 Å². The average molecular weight is 257 g/mol. The van der Waals surface area contributed by atoms with Gasteiger partial charge in [0.25, 0.3) is 0 Å². The largest absolute Gasteiger partial charge is 0.417 e. The minimum atomic E-state index is -4.39. The minimum absolute atomic E-state index is 0.267. The molecule has 0 N–H and O–H groups in total. The number of rotatable bonds is 3. The number of hydrogen-bond donors (Lipinski definition) is 0. The molecule has 0 bridgehead atoms. The van der Waals surface area contributed by atoms with Crippen LogP contribution >= 0.6 is 23.2 Å². The molecule has 84 valence electrons. The Bertz CT molecular complexity index is 334. The first-order valence-corrected chi connectivity index (χ1v) is 5.28.